The molecule has 0 aliphatic carbocycles. The number of carbonyl (C=O) groups excluding carboxylic acids is 7. The summed E-state index contributed by atoms with van der Waals surface area (Å²) in [6.45, 7) is 13.4. The third kappa shape index (κ3) is 20.0. The summed E-state index contributed by atoms with van der Waals surface area (Å²) in [5.41, 5.74) is 12.8. The average Bonchev–Trinajstić information content (AvgIpc) is 3.30. The summed E-state index contributed by atoms with van der Waals surface area (Å²) < 4.78 is 5.85. The molecule has 0 radical (unpaired) electrons. The van der Waals surface area contributed by atoms with Crippen molar-refractivity contribution in [1.82, 2.24) is 36.8 Å². The zero-order valence-corrected chi connectivity index (χ0v) is 43.0. The minimum Gasteiger partial charge on any atom is -0.480 e. The van der Waals surface area contributed by atoms with E-state index < -0.39 is 95.4 Å². The predicted molar refractivity (Wildman–Crippen MR) is 270 cm³/mol. The molecular formula is C49H76N10O10S. The second-order valence-electron chi connectivity index (χ2n) is 18.3. The van der Waals surface area contributed by atoms with Gasteiger partial charge in [-0.3, -0.25) is 38.6 Å². The molecule has 10 atom stereocenters. The maximum atomic E-state index is 14.4. The van der Waals surface area contributed by atoms with E-state index in [1.165, 1.54) is 20.9 Å². The highest BCUT2D eigenvalue weighted by molar-refractivity contribution is 7.83. The van der Waals surface area contributed by atoms with Crippen LogP contribution in [0.5, 0.6) is 0 Å². The van der Waals surface area contributed by atoms with Crippen molar-refractivity contribution in [2.24, 2.45) is 40.1 Å². The summed E-state index contributed by atoms with van der Waals surface area (Å²) in [4.78, 5) is 114. The number of thiol groups is 1. The van der Waals surface area contributed by atoms with Gasteiger partial charge in [-0.15, -0.1) is 12.6 Å². The summed E-state index contributed by atoms with van der Waals surface area (Å²) in [5.74, 6) is -9.57. The van der Waals surface area contributed by atoms with Crippen LogP contribution in [0, 0.1) is 23.7 Å². The SMILES string of the molecule is CO[C@@H](Cc1ccccc1)[C@@H](C)/C=C(C)/C=C/[C@@H]1NC(=O)[C@H](CCCN=C(N)N)NC(=O)[C@@H](C)[C@H](C(=O)O)NC(=O)[C@H](CC(C)C)NC(=O)[C@@H](C)NC(=O)/C(=C/S)N(C)C(=O)CC[C@H](C)NC(=O)[C@H]1C. The highest BCUT2D eigenvalue weighted by atomic mass is 32.1. The Labute approximate surface area is 417 Å². The molecule has 0 bridgehead atoms. The Morgan fingerprint density at radius 3 is 2.07 bits per heavy atom. The number of ether oxygens (including phenoxy) is 1. The molecule has 11 N–H and O–H groups in total. The van der Waals surface area contributed by atoms with E-state index in [9.17, 15) is 43.5 Å². The largest absolute Gasteiger partial charge is 0.480 e. The number of hydrogen-bond acceptors (Lipinski definition) is 11. The number of nitrogens with zero attached hydrogens (tertiary/aromatic N) is 2. The van der Waals surface area contributed by atoms with E-state index in [1.54, 1.807) is 47.0 Å². The number of benzene rings is 1. The van der Waals surface area contributed by atoms with Gasteiger partial charge in [0.25, 0.3) is 5.91 Å². The Morgan fingerprint density at radius 2 is 1.49 bits per heavy atom. The summed E-state index contributed by atoms with van der Waals surface area (Å²) in [6, 6.07) is 2.66. The van der Waals surface area contributed by atoms with Crippen LogP contribution in [0.2, 0.25) is 0 Å². The third-order valence-electron chi connectivity index (χ3n) is 11.9. The van der Waals surface area contributed by atoms with Gasteiger partial charge < -0.3 is 58.1 Å². The zero-order valence-electron chi connectivity index (χ0n) is 42.1. The second kappa shape index (κ2) is 29.7. The van der Waals surface area contributed by atoms with E-state index in [1.807, 2.05) is 50.3 Å². The van der Waals surface area contributed by atoms with Gasteiger partial charge in [-0.2, -0.15) is 0 Å². The lowest BCUT2D eigenvalue weighted by Gasteiger charge is -2.28. The number of likely N-dealkylation sites (N-methyl/N-ethyl adjacent to an activating group) is 1. The Bertz CT molecular complexity index is 2090. The van der Waals surface area contributed by atoms with Crippen molar-refractivity contribution in [3.63, 3.8) is 0 Å². The predicted octanol–water partition coefficient (Wildman–Crippen LogP) is 1.81. The summed E-state index contributed by atoms with van der Waals surface area (Å²) >= 11 is 4.13. The molecule has 1 saturated heterocycles. The quantitative estimate of drug-likeness (QED) is 0.0319. The molecule has 1 heterocycles. The van der Waals surface area contributed by atoms with Crippen molar-refractivity contribution in [3.8, 4) is 0 Å². The molecule has 1 aliphatic heterocycles. The molecule has 0 aromatic heterocycles. The normalized spacial score (nSPS) is 26.2. The summed E-state index contributed by atoms with van der Waals surface area (Å²) in [5, 5.41) is 27.3. The smallest absolute Gasteiger partial charge is 0.327 e. The first-order valence-corrected chi connectivity index (χ1v) is 24.1. The topological polar surface area (TPSA) is 306 Å². The van der Waals surface area contributed by atoms with Gasteiger partial charge in [-0.05, 0) is 69.8 Å². The number of nitrogens with one attached hydrogen (secondary N) is 6. The molecule has 70 heavy (non-hydrogen) atoms. The van der Waals surface area contributed by atoms with Gasteiger partial charge in [0.05, 0.1) is 24.0 Å². The number of amides is 7. The Kier molecular flexibility index (Phi) is 25.4. The molecule has 2 rings (SSSR count). The number of nitrogens with two attached hydrogens (primary N) is 2. The number of carboxylic acid groups (broad SMARTS) is 1. The first kappa shape index (κ1) is 59.9. The van der Waals surface area contributed by atoms with E-state index >= 15 is 0 Å². The van der Waals surface area contributed by atoms with Crippen molar-refractivity contribution < 1.29 is 48.2 Å². The molecule has 21 heteroatoms. The number of carboxylic acids is 1. The molecule has 0 spiro atoms. The van der Waals surface area contributed by atoms with E-state index in [2.05, 4.69) is 49.5 Å². The third-order valence-corrected chi connectivity index (χ3v) is 12.2. The lowest BCUT2D eigenvalue weighted by Crippen LogP contribution is -2.59. The fourth-order valence-electron chi connectivity index (χ4n) is 7.53. The van der Waals surface area contributed by atoms with Crippen LogP contribution < -0.4 is 43.4 Å². The first-order chi connectivity index (χ1) is 32.9. The van der Waals surface area contributed by atoms with Gasteiger partial charge in [-0.25, -0.2) is 4.79 Å². The van der Waals surface area contributed by atoms with Crippen LogP contribution in [-0.4, -0.2) is 126 Å². The Balaban J connectivity index is 2.69. The number of aliphatic carboxylic acids is 1. The van der Waals surface area contributed by atoms with Gasteiger partial charge in [0.1, 0.15) is 29.9 Å². The highest BCUT2D eigenvalue weighted by Crippen LogP contribution is 2.19. The molecule has 1 fully saturated rings. The molecule has 0 unspecified atom stereocenters. The number of carbonyl (C=O) groups is 8. The van der Waals surface area contributed by atoms with E-state index in [0.717, 1.165) is 21.4 Å². The maximum absolute atomic E-state index is 14.4. The van der Waals surface area contributed by atoms with E-state index in [0.29, 0.717) is 6.42 Å². The fraction of sp³-hybridized carbons (Fsp3) is 0.571. The van der Waals surface area contributed by atoms with Crippen molar-refractivity contribution in [1.29, 1.82) is 0 Å². The second-order valence-corrected chi connectivity index (χ2v) is 18.6. The monoisotopic (exact) mass is 997 g/mol. The van der Waals surface area contributed by atoms with Crippen molar-refractivity contribution in [3.05, 3.63) is 70.8 Å². The lowest BCUT2D eigenvalue weighted by atomic mass is 9.94. The van der Waals surface area contributed by atoms with Crippen LogP contribution in [-0.2, 0) is 49.5 Å². The average molecular weight is 997 g/mol. The number of allylic oxidation sites excluding steroid dienone is 2. The van der Waals surface area contributed by atoms with Gasteiger partial charge >= 0.3 is 5.97 Å². The van der Waals surface area contributed by atoms with Crippen LogP contribution in [0.1, 0.15) is 93.1 Å². The minimum absolute atomic E-state index is 0.0285. The maximum Gasteiger partial charge on any atom is 0.327 e. The standard InChI is InChI=1S/C49H76N10O10S/c1-27(2)23-37-46(65)58-41(48(67)68)32(7)43(62)56-36(17-14-22-52-49(50)51)45(64)55-35(20-18-28(3)24-29(4)39(69-10)25-34-15-12-11-13-16-34)31(6)42(61)53-30(5)19-21-40(60)59(9)38(26-70)47(66)54-33(8)44(63)57-37/h11-13,15-16,18,20,24,26-27,29-33,35-37,39,41,70H,14,17,19,21-23,25H2,1-10H3,(H,53,61)(H,54,66)(H,55,64)(H,56,62)(H,57,63)(H,58,65)(H,67,68)(H4,50,51,52)/b20-18+,28-24+,38-26-/t29-,30-,31-,32-,33+,35-,36-,37-,39-,41+/m0/s1. The van der Waals surface area contributed by atoms with Gasteiger partial charge in [0, 0.05) is 39.1 Å². The number of hydrogen-bond donors (Lipinski definition) is 10. The minimum atomic E-state index is -1.84. The molecule has 1 aliphatic rings. The molecular weight excluding hydrogens is 921 g/mol. The Morgan fingerprint density at radius 1 is 0.871 bits per heavy atom. The van der Waals surface area contributed by atoms with E-state index in [-0.39, 0.29) is 68.2 Å². The highest BCUT2D eigenvalue weighted by Gasteiger charge is 2.37. The van der Waals surface area contributed by atoms with Crippen LogP contribution in [0.3, 0.4) is 0 Å². The number of aliphatic imine (C=N–C) groups is 1. The van der Waals surface area contributed by atoms with Crippen molar-refractivity contribution in [2.75, 3.05) is 20.7 Å². The van der Waals surface area contributed by atoms with Crippen LogP contribution >= 0.6 is 12.6 Å². The zero-order chi connectivity index (χ0) is 52.8. The van der Waals surface area contributed by atoms with Crippen molar-refractivity contribution >= 4 is 65.9 Å². The summed E-state index contributed by atoms with van der Waals surface area (Å²) in [6.07, 6.45) is 6.19. The van der Waals surface area contributed by atoms with Crippen LogP contribution in [0.4, 0.5) is 0 Å². The van der Waals surface area contributed by atoms with Gasteiger partial charge in [0.15, 0.2) is 5.96 Å². The lowest BCUT2D eigenvalue weighted by molar-refractivity contribution is -0.146. The molecule has 0 saturated carbocycles. The first-order valence-electron chi connectivity index (χ1n) is 23.6. The fourth-order valence-corrected chi connectivity index (χ4v) is 7.82. The Hall–Kier alpha value is -6.22. The van der Waals surface area contributed by atoms with E-state index in [4.69, 9.17) is 16.2 Å². The van der Waals surface area contributed by atoms with Gasteiger partial charge in [0.2, 0.25) is 35.4 Å². The van der Waals surface area contributed by atoms with Crippen LogP contribution in [0.25, 0.3) is 0 Å². The van der Waals surface area contributed by atoms with Crippen LogP contribution in [0.15, 0.2) is 70.2 Å². The number of methoxy groups -OCH3 is 1. The molecule has 1 aromatic carbocycles. The molecule has 20 nitrogen and oxygen atoms in total. The number of guanidine groups is 1. The van der Waals surface area contributed by atoms with Gasteiger partial charge in [-0.1, -0.05) is 88.8 Å². The van der Waals surface area contributed by atoms with Crippen molar-refractivity contribution in [2.45, 2.75) is 136 Å². The molecule has 1 aromatic rings. The molecule has 7 amide bonds. The molecule has 388 valence electrons. The summed E-state index contributed by atoms with van der Waals surface area (Å²) in [7, 11) is 3.01. The number of rotatable bonds is 14.